The molecule has 0 atom stereocenters. The largest absolute Gasteiger partial charge is 0.291 e. The number of hydrogen-bond acceptors (Lipinski definition) is 1. The zero-order valence-corrected chi connectivity index (χ0v) is 22.3. The number of benzene rings is 7. The molecule has 0 aliphatic heterocycles. The van der Waals surface area contributed by atoms with Gasteiger partial charge >= 0.3 is 0 Å². The van der Waals surface area contributed by atoms with E-state index in [1.165, 1.54) is 65.6 Å². The van der Waals surface area contributed by atoms with Gasteiger partial charge in [0.1, 0.15) is 5.82 Å². The first-order valence-electron chi connectivity index (χ1n) is 14.1. The lowest BCUT2D eigenvalue weighted by Crippen LogP contribution is -1.92. The molecule has 2 heteroatoms. The molecule has 190 valence electrons. The molecule has 2 nitrogen and oxygen atoms in total. The van der Waals surface area contributed by atoms with Crippen LogP contribution in [0.15, 0.2) is 146 Å². The molecule has 0 radical (unpaired) electrons. The van der Waals surface area contributed by atoms with Crippen LogP contribution in [-0.4, -0.2) is 9.38 Å². The fraction of sp³-hybridized carbons (Fsp3) is 0. The quantitative estimate of drug-likeness (QED) is 0.212. The lowest BCUT2D eigenvalue weighted by Gasteiger charge is -2.18. The Hall–Kier alpha value is -5.47. The zero-order valence-electron chi connectivity index (χ0n) is 22.3. The topological polar surface area (TPSA) is 17.3 Å². The van der Waals surface area contributed by atoms with Gasteiger partial charge in [0.2, 0.25) is 0 Å². The highest BCUT2D eigenvalue weighted by Crippen LogP contribution is 2.47. The molecular weight excluding hydrogens is 496 g/mol. The van der Waals surface area contributed by atoms with Gasteiger partial charge in [-0.05, 0) is 55.9 Å². The van der Waals surface area contributed by atoms with Gasteiger partial charge in [0, 0.05) is 16.3 Å². The highest BCUT2D eigenvalue weighted by Gasteiger charge is 2.23. The van der Waals surface area contributed by atoms with Crippen LogP contribution in [0.2, 0.25) is 0 Å². The molecule has 0 aliphatic rings. The maximum atomic E-state index is 5.10. The van der Waals surface area contributed by atoms with E-state index in [2.05, 4.69) is 150 Å². The number of aromatic nitrogens is 2. The smallest absolute Gasteiger partial charge is 0.145 e. The summed E-state index contributed by atoms with van der Waals surface area (Å²) in [6.45, 7) is 0. The predicted molar refractivity (Wildman–Crippen MR) is 173 cm³/mol. The minimum absolute atomic E-state index is 0.984. The molecule has 0 amide bonds. The van der Waals surface area contributed by atoms with E-state index in [0.717, 1.165) is 16.9 Å². The van der Waals surface area contributed by atoms with Crippen molar-refractivity contribution in [1.82, 2.24) is 9.38 Å². The summed E-state index contributed by atoms with van der Waals surface area (Å²) in [5, 5.41) is 7.59. The molecule has 41 heavy (non-hydrogen) atoms. The Morgan fingerprint density at radius 3 is 1.61 bits per heavy atom. The van der Waals surface area contributed by atoms with Gasteiger partial charge in [-0.1, -0.05) is 133 Å². The molecule has 2 aromatic heterocycles. The van der Waals surface area contributed by atoms with Crippen LogP contribution >= 0.6 is 0 Å². The summed E-state index contributed by atoms with van der Waals surface area (Å²) in [5.74, 6) is 0.984. The minimum atomic E-state index is 0.984. The van der Waals surface area contributed by atoms with Gasteiger partial charge in [-0.3, -0.25) is 4.40 Å². The van der Waals surface area contributed by atoms with E-state index in [-0.39, 0.29) is 0 Å². The average molecular weight is 521 g/mol. The van der Waals surface area contributed by atoms with Crippen molar-refractivity contribution in [1.29, 1.82) is 0 Å². The van der Waals surface area contributed by atoms with E-state index in [0.29, 0.717) is 0 Å². The van der Waals surface area contributed by atoms with Crippen molar-refractivity contribution in [2.75, 3.05) is 0 Å². The molecule has 0 spiro atoms. The van der Waals surface area contributed by atoms with Gasteiger partial charge < -0.3 is 0 Å². The van der Waals surface area contributed by atoms with Crippen molar-refractivity contribution >= 4 is 48.9 Å². The summed E-state index contributed by atoms with van der Waals surface area (Å²) in [4.78, 5) is 5.10. The Labute approximate surface area is 237 Å². The predicted octanol–water partition coefficient (Wildman–Crippen LogP) is 10.4. The van der Waals surface area contributed by atoms with E-state index in [1.807, 2.05) is 0 Å². The van der Waals surface area contributed by atoms with Gasteiger partial charge in [0.05, 0.1) is 16.6 Å². The van der Waals surface area contributed by atoms with Crippen LogP contribution in [0.25, 0.3) is 82.5 Å². The van der Waals surface area contributed by atoms with E-state index < -0.39 is 0 Å². The van der Waals surface area contributed by atoms with Crippen molar-refractivity contribution in [3.63, 3.8) is 0 Å². The Morgan fingerprint density at radius 1 is 0.415 bits per heavy atom. The van der Waals surface area contributed by atoms with Gasteiger partial charge in [0.25, 0.3) is 0 Å². The number of hydrogen-bond donors (Lipinski definition) is 0. The highest BCUT2D eigenvalue weighted by molar-refractivity contribution is 6.27. The summed E-state index contributed by atoms with van der Waals surface area (Å²) < 4.78 is 2.36. The van der Waals surface area contributed by atoms with Crippen LogP contribution in [0.1, 0.15) is 0 Å². The van der Waals surface area contributed by atoms with E-state index >= 15 is 0 Å². The maximum Gasteiger partial charge on any atom is 0.145 e. The van der Waals surface area contributed by atoms with E-state index in [1.54, 1.807) is 0 Å². The van der Waals surface area contributed by atoms with Gasteiger partial charge in [-0.15, -0.1) is 0 Å². The van der Waals surface area contributed by atoms with Crippen molar-refractivity contribution in [3.8, 4) is 33.6 Å². The number of fused-ring (bicyclic) bond motifs is 5. The summed E-state index contributed by atoms with van der Waals surface area (Å²) in [7, 11) is 0. The van der Waals surface area contributed by atoms with Crippen molar-refractivity contribution in [2.24, 2.45) is 0 Å². The molecule has 0 saturated heterocycles. The molecule has 2 heterocycles. The number of imidazole rings is 1. The fourth-order valence-electron chi connectivity index (χ4n) is 6.90. The molecule has 0 bridgehead atoms. The Morgan fingerprint density at radius 2 is 0.951 bits per heavy atom. The van der Waals surface area contributed by atoms with Crippen LogP contribution in [0.3, 0.4) is 0 Å². The van der Waals surface area contributed by atoms with Gasteiger partial charge in [0.15, 0.2) is 0 Å². The van der Waals surface area contributed by atoms with E-state index in [9.17, 15) is 0 Å². The Bertz CT molecular complexity index is 2340. The summed E-state index contributed by atoms with van der Waals surface area (Å²) in [5.41, 5.74) is 9.58. The lowest BCUT2D eigenvalue weighted by atomic mass is 9.85. The first-order chi connectivity index (χ1) is 20.4. The second-order valence-electron chi connectivity index (χ2n) is 10.7. The molecule has 0 N–H and O–H groups in total. The molecule has 9 aromatic rings. The minimum Gasteiger partial charge on any atom is -0.291 e. The molecular formula is C39H24N2. The molecule has 7 aromatic carbocycles. The first-order valence-corrected chi connectivity index (χ1v) is 14.1. The van der Waals surface area contributed by atoms with Crippen LogP contribution in [0.5, 0.6) is 0 Å². The summed E-state index contributed by atoms with van der Waals surface area (Å²) in [6.07, 6.45) is 0. The second-order valence-corrected chi connectivity index (χ2v) is 10.7. The Balaban J connectivity index is 1.47. The molecule has 0 unspecified atom stereocenters. The highest BCUT2D eigenvalue weighted by atomic mass is 15.0. The normalized spacial score (nSPS) is 11.9. The standard InChI is InChI=1S/C39H24N2/c1-3-13-25(14-4-1)35-27-17-7-9-19-29(27)36(30-20-10-8-18-28(30)35)31-21-12-24-34-37(31)32-22-11-23-33-38(32)41(34)39(40-33)26-15-5-2-6-16-26/h1-24H. The van der Waals surface area contributed by atoms with Crippen LogP contribution in [-0.2, 0) is 0 Å². The molecule has 0 aliphatic carbocycles. The SMILES string of the molecule is c1ccc(-c2c3ccccc3c(-c3cccc4c3c3cccc5nc(-c6ccccc6)n4c53)c3ccccc23)cc1. The van der Waals surface area contributed by atoms with Crippen LogP contribution in [0, 0.1) is 0 Å². The summed E-state index contributed by atoms with van der Waals surface area (Å²) >= 11 is 0. The third-order valence-electron chi connectivity index (χ3n) is 8.52. The lowest BCUT2D eigenvalue weighted by molar-refractivity contribution is 1.23. The molecule has 9 rings (SSSR count). The van der Waals surface area contributed by atoms with Gasteiger partial charge in [-0.2, -0.15) is 0 Å². The molecule has 0 fully saturated rings. The van der Waals surface area contributed by atoms with Gasteiger partial charge in [-0.25, -0.2) is 4.98 Å². The van der Waals surface area contributed by atoms with E-state index in [4.69, 9.17) is 4.98 Å². The Kier molecular flexibility index (Phi) is 4.64. The summed E-state index contributed by atoms with van der Waals surface area (Å²) in [6, 6.07) is 52.4. The number of para-hydroxylation sites is 1. The van der Waals surface area contributed by atoms with Crippen molar-refractivity contribution in [3.05, 3.63) is 146 Å². The third kappa shape index (κ3) is 3.10. The third-order valence-corrected chi connectivity index (χ3v) is 8.52. The number of nitrogens with zero attached hydrogens (tertiary/aromatic N) is 2. The van der Waals surface area contributed by atoms with Crippen LogP contribution < -0.4 is 0 Å². The fourth-order valence-corrected chi connectivity index (χ4v) is 6.90. The van der Waals surface area contributed by atoms with Crippen LogP contribution in [0.4, 0.5) is 0 Å². The van der Waals surface area contributed by atoms with Crippen molar-refractivity contribution < 1.29 is 0 Å². The number of rotatable bonds is 3. The zero-order chi connectivity index (χ0) is 26.9. The van der Waals surface area contributed by atoms with Crippen molar-refractivity contribution in [2.45, 2.75) is 0 Å². The monoisotopic (exact) mass is 520 g/mol. The molecule has 0 saturated carbocycles. The average Bonchev–Trinajstić information content (AvgIpc) is 3.60. The second kappa shape index (κ2) is 8.51. The maximum absolute atomic E-state index is 5.10. The first kappa shape index (κ1) is 22.4.